The van der Waals surface area contributed by atoms with Gasteiger partial charge in [-0.15, -0.1) is 0 Å². The minimum absolute atomic E-state index is 0.297. The maximum Gasteiger partial charge on any atom is 0.390 e. The van der Waals surface area contributed by atoms with Crippen molar-refractivity contribution in [3.63, 3.8) is 0 Å². The van der Waals surface area contributed by atoms with E-state index in [1.54, 1.807) is 0 Å². The summed E-state index contributed by atoms with van der Waals surface area (Å²) in [4.78, 5) is 7.48. The molecule has 1 aromatic heterocycles. The fourth-order valence-electron chi connectivity index (χ4n) is 2.00. The maximum atomic E-state index is 12.2. The molecule has 2 N–H and O–H groups in total. The van der Waals surface area contributed by atoms with E-state index >= 15 is 0 Å². The SMILES string of the molecule is Cc1cccc2[nH]c(CN[C@@H](C)CC(F)(F)F)nc12. The summed E-state index contributed by atoms with van der Waals surface area (Å²) >= 11 is 0. The van der Waals surface area contributed by atoms with Crippen LogP contribution in [0.4, 0.5) is 13.2 Å². The van der Waals surface area contributed by atoms with Crippen molar-refractivity contribution in [3.05, 3.63) is 29.6 Å². The third-order valence-electron chi connectivity index (χ3n) is 2.92. The van der Waals surface area contributed by atoms with E-state index in [1.165, 1.54) is 6.92 Å². The van der Waals surface area contributed by atoms with Crippen LogP contribution in [-0.4, -0.2) is 22.2 Å². The maximum absolute atomic E-state index is 12.2. The van der Waals surface area contributed by atoms with Crippen LogP contribution >= 0.6 is 0 Å². The van der Waals surface area contributed by atoms with Gasteiger partial charge in [-0.3, -0.25) is 0 Å². The molecule has 1 atom stereocenters. The fourth-order valence-corrected chi connectivity index (χ4v) is 2.00. The number of aryl methyl sites for hydroxylation is 1. The number of H-pyrrole nitrogens is 1. The molecule has 0 amide bonds. The number of aromatic nitrogens is 2. The molecule has 3 nitrogen and oxygen atoms in total. The Morgan fingerprint density at radius 1 is 1.37 bits per heavy atom. The summed E-state index contributed by atoms with van der Waals surface area (Å²) in [6.07, 6.45) is -4.98. The average molecular weight is 271 g/mol. The summed E-state index contributed by atoms with van der Waals surface area (Å²) in [5.74, 6) is 0.651. The molecule has 1 heterocycles. The Kier molecular flexibility index (Phi) is 3.80. The molecule has 0 saturated carbocycles. The molecule has 104 valence electrons. The van der Waals surface area contributed by atoms with Crippen molar-refractivity contribution in [2.24, 2.45) is 0 Å². The van der Waals surface area contributed by atoms with Crippen LogP contribution in [0, 0.1) is 6.92 Å². The number of imidazole rings is 1. The van der Waals surface area contributed by atoms with Gasteiger partial charge in [-0.25, -0.2) is 4.98 Å². The standard InChI is InChI=1S/C13H16F3N3/c1-8-4-3-5-10-12(8)19-11(18-10)7-17-9(2)6-13(14,15)16/h3-5,9,17H,6-7H2,1-2H3,(H,18,19)/t9-/m0/s1. The Hall–Kier alpha value is -1.56. The van der Waals surface area contributed by atoms with Crippen molar-refractivity contribution in [2.75, 3.05) is 0 Å². The molecule has 2 rings (SSSR count). The molecule has 1 aromatic carbocycles. The normalized spacial score (nSPS) is 13.9. The summed E-state index contributed by atoms with van der Waals surface area (Å²) in [5.41, 5.74) is 2.81. The van der Waals surface area contributed by atoms with E-state index in [0.717, 1.165) is 16.6 Å². The number of halogens is 3. The van der Waals surface area contributed by atoms with E-state index < -0.39 is 18.6 Å². The number of aromatic amines is 1. The first-order chi connectivity index (χ1) is 8.85. The molecule has 0 saturated heterocycles. The van der Waals surface area contributed by atoms with Crippen LogP contribution < -0.4 is 5.32 Å². The highest BCUT2D eigenvalue weighted by Gasteiger charge is 2.29. The van der Waals surface area contributed by atoms with E-state index in [4.69, 9.17) is 0 Å². The lowest BCUT2D eigenvalue weighted by Crippen LogP contribution is -2.31. The van der Waals surface area contributed by atoms with E-state index in [1.807, 2.05) is 25.1 Å². The van der Waals surface area contributed by atoms with Crippen molar-refractivity contribution in [1.29, 1.82) is 0 Å². The minimum Gasteiger partial charge on any atom is -0.341 e. The first kappa shape index (κ1) is 13.9. The second-order valence-electron chi connectivity index (χ2n) is 4.76. The Balaban J connectivity index is 2.00. The predicted octanol–water partition coefficient (Wildman–Crippen LogP) is 3.30. The number of rotatable bonds is 4. The van der Waals surface area contributed by atoms with Gasteiger partial charge in [0, 0.05) is 6.04 Å². The lowest BCUT2D eigenvalue weighted by atomic mass is 10.2. The van der Waals surface area contributed by atoms with E-state index in [-0.39, 0.29) is 0 Å². The van der Waals surface area contributed by atoms with Crippen molar-refractivity contribution in [2.45, 2.75) is 39.0 Å². The Bertz CT molecular complexity index is 560. The van der Waals surface area contributed by atoms with Gasteiger partial charge in [-0.05, 0) is 25.5 Å². The topological polar surface area (TPSA) is 40.7 Å². The average Bonchev–Trinajstić information content (AvgIpc) is 2.68. The third-order valence-corrected chi connectivity index (χ3v) is 2.92. The first-order valence-corrected chi connectivity index (χ1v) is 6.09. The summed E-state index contributed by atoms with van der Waals surface area (Å²) in [6.45, 7) is 3.76. The number of nitrogens with zero attached hydrogens (tertiary/aromatic N) is 1. The van der Waals surface area contributed by atoms with Gasteiger partial charge in [0.15, 0.2) is 0 Å². The number of nitrogens with one attached hydrogen (secondary N) is 2. The van der Waals surface area contributed by atoms with Crippen molar-refractivity contribution in [1.82, 2.24) is 15.3 Å². The zero-order valence-electron chi connectivity index (χ0n) is 10.8. The second-order valence-corrected chi connectivity index (χ2v) is 4.76. The molecule has 6 heteroatoms. The van der Waals surface area contributed by atoms with Crippen LogP contribution in [0.15, 0.2) is 18.2 Å². The number of benzene rings is 1. The molecule has 0 aliphatic rings. The smallest absolute Gasteiger partial charge is 0.341 e. The van der Waals surface area contributed by atoms with E-state index in [0.29, 0.717) is 12.4 Å². The highest BCUT2D eigenvalue weighted by Crippen LogP contribution is 2.21. The van der Waals surface area contributed by atoms with Crippen LogP contribution in [0.1, 0.15) is 24.7 Å². The highest BCUT2D eigenvalue weighted by atomic mass is 19.4. The number of hydrogen-bond acceptors (Lipinski definition) is 2. The summed E-state index contributed by atoms with van der Waals surface area (Å²) in [5, 5.41) is 2.82. The molecule has 19 heavy (non-hydrogen) atoms. The minimum atomic E-state index is -4.14. The quantitative estimate of drug-likeness (QED) is 0.895. The van der Waals surface area contributed by atoms with Gasteiger partial charge in [0.2, 0.25) is 0 Å². The summed E-state index contributed by atoms with van der Waals surface area (Å²) in [6, 6.07) is 5.14. The first-order valence-electron chi connectivity index (χ1n) is 6.09. The lowest BCUT2D eigenvalue weighted by Gasteiger charge is -2.14. The van der Waals surface area contributed by atoms with Crippen LogP contribution in [0.5, 0.6) is 0 Å². The van der Waals surface area contributed by atoms with Crippen molar-refractivity contribution >= 4 is 11.0 Å². The number of hydrogen-bond donors (Lipinski definition) is 2. The molecule has 0 spiro atoms. The molecular weight excluding hydrogens is 255 g/mol. The van der Waals surface area contributed by atoms with E-state index in [9.17, 15) is 13.2 Å². The number of para-hydroxylation sites is 1. The second kappa shape index (κ2) is 5.21. The van der Waals surface area contributed by atoms with Gasteiger partial charge >= 0.3 is 6.18 Å². The van der Waals surface area contributed by atoms with Crippen LogP contribution in [0.3, 0.4) is 0 Å². The van der Waals surface area contributed by atoms with Crippen LogP contribution in [0.2, 0.25) is 0 Å². The van der Waals surface area contributed by atoms with Gasteiger partial charge in [0.25, 0.3) is 0 Å². The molecule has 0 radical (unpaired) electrons. The largest absolute Gasteiger partial charge is 0.390 e. The van der Waals surface area contributed by atoms with Crippen LogP contribution in [-0.2, 0) is 6.54 Å². The molecular formula is C13H16F3N3. The Labute approximate surface area is 109 Å². The van der Waals surface area contributed by atoms with Gasteiger partial charge in [-0.1, -0.05) is 12.1 Å². The number of alkyl halides is 3. The zero-order chi connectivity index (χ0) is 14.0. The lowest BCUT2D eigenvalue weighted by molar-refractivity contribution is -0.139. The number of fused-ring (bicyclic) bond motifs is 1. The van der Waals surface area contributed by atoms with Crippen molar-refractivity contribution in [3.8, 4) is 0 Å². The molecule has 0 unspecified atom stereocenters. The third kappa shape index (κ3) is 3.70. The summed E-state index contributed by atoms with van der Waals surface area (Å²) < 4.78 is 36.6. The molecule has 0 aliphatic carbocycles. The van der Waals surface area contributed by atoms with Crippen LogP contribution in [0.25, 0.3) is 11.0 Å². The Morgan fingerprint density at radius 3 is 2.74 bits per heavy atom. The summed E-state index contributed by atoms with van der Waals surface area (Å²) in [7, 11) is 0. The van der Waals surface area contributed by atoms with Gasteiger partial charge in [-0.2, -0.15) is 13.2 Å². The monoisotopic (exact) mass is 271 g/mol. The predicted molar refractivity (Wildman–Crippen MR) is 67.8 cm³/mol. The fraction of sp³-hybridized carbons (Fsp3) is 0.462. The zero-order valence-corrected chi connectivity index (χ0v) is 10.8. The molecule has 0 fully saturated rings. The van der Waals surface area contributed by atoms with Gasteiger partial charge in [0.1, 0.15) is 5.82 Å². The molecule has 2 aromatic rings. The van der Waals surface area contributed by atoms with E-state index in [2.05, 4.69) is 15.3 Å². The Morgan fingerprint density at radius 2 is 2.11 bits per heavy atom. The highest BCUT2D eigenvalue weighted by molar-refractivity contribution is 5.78. The molecule has 0 aliphatic heterocycles. The van der Waals surface area contributed by atoms with Gasteiger partial charge in [0.05, 0.1) is 24.0 Å². The van der Waals surface area contributed by atoms with Crippen molar-refractivity contribution < 1.29 is 13.2 Å². The molecule has 0 bridgehead atoms. The van der Waals surface area contributed by atoms with Gasteiger partial charge < -0.3 is 10.3 Å².